The van der Waals surface area contributed by atoms with Crippen molar-refractivity contribution >= 4 is 27.3 Å². The molecule has 5 rings (SSSR count). The minimum atomic E-state index is -0.205. The van der Waals surface area contributed by atoms with Gasteiger partial charge in [-0.15, -0.1) is 11.3 Å². The van der Waals surface area contributed by atoms with Crippen LogP contribution in [0.25, 0.3) is 21.2 Å². The summed E-state index contributed by atoms with van der Waals surface area (Å²) in [5, 5.41) is 6.41. The summed E-state index contributed by atoms with van der Waals surface area (Å²) in [4.78, 5) is 15.2. The van der Waals surface area contributed by atoms with Gasteiger partial charge in [0.25, 0.3) is 5.91 Å². The minimum absolute atomic E-state index is 0.0713. The Kier molecular flexibility index (Phi) is 8.54. The first kappa shape index (κ1) is 26.8. The SMILES string of the molecule is COc1cc(CNC(=O)COc2ccc(-c3csc4ccccc34)cc2CN2CCCC2)cc(OC)c1OC. The van der Waals surface area contributed by atoms with Crippen molar-refractivity contribution in [3.8, 4) is 34.1 Å². The van der Waals surface area contributed by atoms with Crippen LogP contribution < -0.4 is 24.3 Å². The molecule has 8 heteroatoms. The number of ether oxygens (including phenoxy) is 4. The van der Waals surface area contributed by atoms with Crippen LogP contribution in [0.2, 0.25) is 0 Å². The molecule has 39 heavy (non-hydrogen) atoms. The molecule has 2 heterocycles. The molecule has 1 aliphatic rings. The van der Waals surface area contributed by atoms with Gasteiger partial charge in [0.2, 0.25) is 5.75 Å². The number of fused-ring (bicyclic) bond motifs is 1. The maximum atomic E-state index is 12.7. The molecule has 0 bridgehead atoms. The Hall–Kier alpha value is -3.75. The zero-order valence-electron chi connectivity index (χ0n) is 22.6. The molecular weight excluding hydrogens is 512 g/mol. The largest absolute Gasteiger partial charge is 0.493 e. The summed E-state index contributed by atoms with van der Waals surface area (Å²) in [7, 11) is 4.70. The van der Waals surface area contributed by atoms with Crippen LogP contribution in [-0.2, 0) is 17.9 Å². The van der Waals surface area contributed by atoms with Gasteiger partial charge in [-0.25, -0.2) is 0 Å². The van der Waals surface area contributed by atoms with Crippen LogP contribution in [0.5, 0.6) is 23.0 Å². The molecule has 1 N–H and O–H groups in total. The third kappa shape index (κ3) is 6.13. The third-order valence-electron chi connectivity index (χ3n) is 7.02. The van der Waals surface area contributed by atoms with E-state index >= 15 is 0 Å². The van der Waals surface area contributed by atoms with Crippen molar-refractivity contribution in [2.24, 2.45) is 0 Å². The molecule has 0 saturated carbocycles. The van der Waals surface area contributed by atoms with Crippen LogP contribution in [0.3, 0.4) is 0 Å². The average Bonchev–Trinajstić information content (AvgIpc) is 3.65. The highest BCUT2D eigenvalue weighted by Crippen LogP contribution is 2.38. The normalized spacial score (nSPS) is 13.4. The molecule has 1 aliphatic heterocycles. The van der Waals surface area contributed by atoms with Crippen LogP contribution in [0.1, 0.15) is 24.0 Å². The summed E-state index contributed by atoms with van der Waals surface area (Å²) in [5.74, 6) is 2.14. The zero-order valence-corrected chi connectivity index (χ0v) is 23.4. The van der Waals surface area contributed by atoms with Gasteiger partial charge in [0.1, 0.15) is 5.75 Å². The number of amides is 1. The fourth-order valence-corrected chi connectivity index (χ4v) is 6.00. The van der Waals surface area contributed by atoms with Gasteiger partial charge in [0.05, 0.1) is 21.3 Å². The molecule has 0 atom stereocenters. The first-order chi connectivity index (χ1) is 19.1. The Morgan fingerprint density at radius 3 is 2.38 bits per heavy atom. The fraction of sp³-hybridized carbons (Fsp3) is 0.323. The third-order valence-corrected chi connectivity index (χ3v) is 7.98. The van der Waals surface area contributed by atoms with Crippen molar-refractivity contribution in [1.82, 2.24) is 10.2 Å². The number of hydrogen-bond acceptors (Lipinski definition) is 7. The molecular formula is C31H34N2O5S. The molecule has 0 unspecified atom stereocenters. The molecule has 1 saturated heterocycles. The number of nitrogens with one attached hydrogen (secondary N) is 1. The molecule has 7 nitrogen and oxygen atoms in total. The second kappa shape index (κ2) is 12.4. The van der Waals surface area contributed by atoms with Gasteiger partial charge >= 0.3 is 0 Å². The van der Waals surface area contributed by atoms with Gasteiger partial charge in [-0.05, 0) is 72.8 Å². The van der Waals surface area contributed by atoms with E-state index in [2.05, 4.69) is 52.0 Å². The van der Waals surface area contributed by atoms with Gasteiger partial charge in [0, 0.05) is 34.3 Å². The molecule has 3 aromatic carbocycles. The van der Waals surface area contributed by atoms with Gasteiger partial charge in [-0.3, -0.25) is 9.69 Å². The Labute approximate surface area is 233 Å². The predicted molar refractivity (Wildman–Crippen MR) is 155 cm³/mol. The number of hydrogen-bond donors (Lipinski definition) is 1. The first-order valence-electron chi connectivity index (χ1n) is 13.1. The Bertz CT molecular complexity index is 1420. The molecule has 4 aromatic rings. The summed E-state index contributed by atoms with van der Waals surface area (Å²) in [5.41, 5.74) is 4.33. The Morgan fingerprint density at radius 1 is 0.923 bits per heavy atom. The lowest BCUT2D eigenvalue weighted by molar-refractivity contribution is -0.123. The number of nitrogens with zero attached hydrogens (tertiary/aromatic N) is 1. The monoisotopic (exact) mass is 546 g/mol. The number of thiophene rings is 1. The minimum Gasteiger partial charge on any atom is -0.493 e. The van der Waals surface area contributed by atoms with E-state index in [9.17, 15) is 4.79 Å². The van der Waals surface area contributed by atoms with Crippen molar-refractivity contribution in [2.45, 2.75) is 25.9 Å². The van der Waals surface area contributed by atoms with Crippen molar-refractivity contribution in [3.63, 3.8) is 0 Å². The highest BCUT2D eigenvalue weighted by atomic mass is 32.1. The summed E-state index contributed by atoms with van der Waals surface area (Å²) in [6.07, 6.45) is 2.43. The van der Waals surface area contributed by atoms with E-state index in [-0.39, 0.29) is 12.5 Å². The average molecular weight is 547 g/mol. The van der Waals surface area contributed by atoms with Gasteiger partial charge in [-0.1, -0.05) is 24.3 Å². The molecule has 1 fully saturated rings. The number of carbonyl (C=O) groups is 1. The smallest absolute Gasteiger partial charge is 0.258 e. The maximum Gasteiger partial charge on any atom is 0.258 e. The van der Waals surface area contributed by atoms with Crippen molar-refractivity contribution in [1.29, 1.82) is 0 Å². The Morgan fingerprint density at radius 2 is 1.67 bits per heavy atom. The highest BCUT2D eigenvalue weighted by Gasteiger charge is 2.18. The topological polar surface area (TPSA) is 69.3 Å². The van der Waals surface area contributed by atoms with Gasteiger partial charge < -0.3 is 24.3 Å². The predicted octanol–water partition coefficient (Wildman–Crippen LogP) is 5.89. The van der Waals surface area contributed by atoms with Gasteiger partial charge in [-0.2, -0.15) is 0 Å². The maximum absolute atomic E-state index is 12.7. The van der Waals surface area contributed by atoms with E-state index in [1.54, 1.807) is 32.7 Å². The van der Waals surface area contributed by atoms with E-state index in [4.69, 9.17) is 18.9 Å². The molecule has 0 aliphatic carbocycles. The second-order valence-corrected chi connectivity index (χ2v) is 10.5. The van der Waals surface area contributed by atoms with Gasteiger partial charge in [0.15, 0.2) is 18.1 Å². The van der Waals surface area contributed by atoms with Crippen LogP contribution in [-0.4, -0.2) is 51.8 Å². The van der Waals surface area contributed by atoms with E-state index in [0.29, 0.717) is 23.8 Å². The summed E-state index contributed by atoms with van der Waals surface area (Å²) in [6, 6.07) is 18.4. The lowest BCUT2D eigenvalue weighted by atomic mass is 10.0. The standard InChI is InChI=1S/C31H34N2O5S/c1-35-27-14-21(15-28(36-2)31(27)37-3)17-32-30(34)19-38-26-11-10-22(16-23(26)18-33-12-6-7-13-33)25-20-39-29-9-5-4-8-24(25)29/h4-5,8-11,14-16,20H,6-7,12-13,17-19H2,1-3H3,(H,32,34). The number of likely N-dealkylation sites (tertiary alicyclic amines) is 1. The van der Waals surface area contributed by atoms with Crippen LogP contribution in [0.15, 0.2) is 60.0 Å². The first-order valence-corrected chi connectivity index (χ1v) is 14.0. The van der Waals surface area contributed by atoms with Crippen molar-refractivity contribution < 1.29 is 23.7 Å². The van der Waals surface area contributed by atoms with E-state index in [0.717, 1.165) is 36.5 Å². The van der Waals surface area contributed by atoms with Crippen LogP contribution in [0.4, 0.5) is 0 Å². The summed E-state index contributed by atoms with van der Waals surface area (Å²) >= 11 is 1.76. The van der Waals surface area contributed by atoms with Crippen molar-refractivity contribution in [3.05, 3.63) is 71.1 Å². The van der Waals surface area contributed by atoms with Crippen LogP contribution >= 0.6 is 11.3 Å². The second-order valence-electron chi connectivity index (χ2n) is 9.55. The summed E-state index contributed by atoms with van der Waals surface area (Å²) in [6.45, 7) is 3.21. The number of carbonyl (C=O) groups excluding carboxylic acids is 1. The van der Waals surface area contributed by atoms with E-state index in [1.165, 1.54) is 34.1 Å². The van der Waals surface area contributed by atoms with Crippen molar-refractivity contribution in [2.75, 3.05) is 41.0 Å². The number of rotatable bonds is 11. The fourth-order valence-electron chi connectivity index (χ4n) is 5.03. The molecule has 1 aromatic heterocycles. The van der Waals surface area contributed by atoms with Crippen LogP contribution in [0, 0.1) is 0 Å². The molecule has 204 valence electrons. The summed E-state index contributed by atoms with van der Waals surface area (Å²) < 4.78 is 23.6. The number of benzene rings is 3. The molecule has 0 spiro atoms. The lowest BCUT2D eigenvalue weighted by Gasteiger charge is -2.19. The molecule has 1 amide bonds. The number of methoxy groups -OCH3 is 3. The van der Waals surface area contributed by atoms with E-state index < -0.39 is 0 Å². The van der Waals surface area contributed by atoms with E-state index in [1.807, 2.05) is 18.2 Å². The Balaban J connectivity index is 1.29. The highest BCUT2D eigenvalue weighted by molar-refractivity contribution is 7.17. The quantitative estimate of drug-likeness (QED) is 0.253. The lowest BCUT2D eigenvalue weighted by Crippen LogP contribution is -2.28. The zero-order chi connectivity index (χ0) is 27.2. The molecule has 0 radical (unpaired) electrons.